The Morgan fingerprint density at radius 1 is 1.45 bits per heavy atom. The number of rotatable bonds is 3. The highest BCUT2D eigenvalue weighted by molar-refractivity contribution is 5.85. The van der Waals surface area contributed by atoms with E-state index in [0.29, 0.717) is 13.1 Å². The van der Waals surface area contributed by atoms with Crippen LogP contribution in [0.5, 0.6) is 0 Å². The summed E-state index contributed by atoms with van der Waals surface area (Å²) in [4.78, 5) is 10.6. The Kier molecular flexibility index (Phi) is 7.39. The normalized spacial score (nSPS) is 9.09. The van der Waals surface area contributed by atoms with Crippen molar-refractivity contribution in [3.63, 3.8) is 0 Å². The number of hydrazine groups is 1. The number of urea groups is 1. The summed E-state index contributed by atoms with van der Waals surface area (Å²) < 4.78 is 0. The second-order valence-corrected chi connectivity index (χ2v) is 2.10. The zero-order valence-corrected chi connectivity index (χ0v) is 7.60. The minimum atomic E-state index is -0.476. The van der Waals surface area contributed by atoms with Crippen molar-refractivity contribution in [2.75, 3.05) is 27.2 Å². The van der Waals surface area contributed by atoms with Crippen LogP contribution in [-0.2, 0) is 0 Å². The topological polar surface area (TPSA) is 75.6 Å². The average molecular weight is 183 g/mol. The third-order valence-corrected chi connectivity index (χ3v) is 1.08. The molecule has 0 rings (SSSR count). The molecule has 0 fully saturated rings. The van der Waals surface area contributed by atoms with Crippen molar-refractivity contribution in [3.8, 4) is 0 Å². The summed E-state index contributed by atoms with van der Waals surface area (Å²) in [5.41, 5.74) is 10.2. The van der Waals surface area contributed by atoms with E-state index in [2.05, 4.69) is 0 Å². The molecule has 5 nitrogen and oxygen atoms in total. The van der Waals surface area contributed by atoms with Crippen LogP contribution in [0.1, 0.15) is 0 Å². The van der Waals surface area contributed by atoms with Gasteiger partial charge >= 0.3 is 6.03 Å². The maximum absolute atomic E-state index is 10.6. The van der Waals surface area contributed by atoms with Gasteiger partial charge in [-0.2, -0.15) is 0 Å². The standard InChI is InChI=1S/C5H14N4O.ClH/c1-8(2)9(4-3-6)5(7)10;/h3-4,6H2,1-2H3,(H2,7,10);1H. The van der Waals surface area contributed by atoms with Gasteiger partial charge in [0.05, 0.1) is 6.54 Å². The van der Waals surface area contributed by atoms with Crippen molar-refractivity contribution in [1.82, 2.24) is 10.0 Å². The van der Waals surface area contributed by atoms with E-state index in [4.69, 9.17) is 11.5 Å². The van der Waals surface area contributed by atoms with E-state index in [-0.39, 0.29) is 12.4 Å². The smallest absolute Gasteiger partial charge is 0.329 e. The van der Waals surface area contributed by atoms with Gasteiger partial charge in [0.15, 0.2) is 0 Å². The molecule has 0 atom stereocenters. The molecule has 68 valence electrons. The minimum Gasteiger partial charge on any atom is -0.350 e. The lowest BCUT2D eigenvalue weighted by Gasteiger charge is -2.25. The third-order valence-electron chi connectivity index (χ3n) is 1.08. The molecule has 0 saturated carbocycles. The lowest BCUT2D eigenvalue weighted by Crippen LogP contribution is -2.47. The lowest BCUT2D eigenvalue weighted by molar-refractivity contribution is 0.0715. The monoisotopic (exact) mass is 182 g/mol. The Hall–Kier alpha value is -0.520. The number of amides is 2. The highest BCUT2D eigenvalue weighted by Crippen LogP contribution is 1.87. The maximum Gasteiger partial charge on any atom is 0.329 e. The van der Waals surface area contributed by atoms with Crippen LogP contribution >= 0.6 is 12.4 Å². The SMILES string of the molecule is CN(C)N(CCN)C(N)=O.Cl. The van der Waals surface area contributed by atoms with Crippen molar-refractivity contribution in [1.29, 1.82) is 0 Å². The van der Waals surface area contributed by atoms with Crippen molar-refractivity contribution in [2.24, 2.45) is 11.5 Å². The average Bonchev–Trinajstić information content (AvgIpc) is 1.81. The molecule has 0 bridgehead atoms. The highest BCUT2D eigenvalue weighted by atomic mass is 35.5. The van der Waals surface area contributed by atoms with Crippen LogP contribution in [-0.4, -0.2) is 43.2 Å². The second kappa shape index (κ2) is 6.21. The first-order chi connectivity index (χ1) is 4.59. The molecule has 0 spiro atoms. The van der Waals surface area contributed by atoms with Crippen molar-refractivity contribution in [3.05, 3.63) is 0 Å². The van der Waals surface area contributed by atoms with E-state index >= 15 is 0 Å². The first-order valence-corrected chi connectivity index (χ1v) is 3.04. The van der Waals surface area contributed by atoms with Crippen molar-refractivity contribution < 1.29 is 4.79 Å². The Labute approximate surface area is 72.7 Å². The summed E-state index contributed by atoms with van der Waals surface area (Å²) in [5, 5.41) is 2.97. The van der Waals surface area contributed by atoms with Gasteiger partial charge in [0.1, 0.15) is 0 Å². The van der Waals surface area contributed by atoms with Gasteiger partial charge < -0.3 is 11.5 Å². The van der Waals surface area contributed by atoms with Crippen LogP contribution < -0.4 is 11.5 Å². The van der Waals surface area contributed by atoms with Gasteiger partial charge in [-0.15, -0.1) is 12.4 Å². The molecule has 11 heavy (non-hydrogen) atoms. The number of carbonyl (C=O) groups excluding carboxylic acids is 1. The molecule has 4 N–H and O–H groups in total. The first-order valence-electron chi connectivity index (χ1n) is 3.04. The maximum atomic E-state index is 10.6. The number of nitrogens with two attached hydrogens (primary N) is 2. The molecule has 0 aliphatic rings. The van der Waals surface area contributed by atoms with Gasteiger partial charge in [-0.3, -0.25) is 5.01 Å². The van der Waals surface area contributed by atoms with E-state index in [1.807, 2.05) is 0 Å². The molecule has 6 heteroatoms. The quantitative estimate of drug-likeness (QED) is 0.563. The van der Waals surface area contributed by atoms with Gasteiger partial charge in [-0.25, -0.2) is 9.80 Å². The first kappa shape index (κ1) is 13.1. The molecule has 0 aromatic carbocycles. The number of nitrogens with zero attached hydrogens (tertiary/aromatic N) is 2. The fraction of sp³-hybridized carbons (Fsp3) is 0.800. The molecule has 0 unspecified atom stereocenters. The molecule has 0 radical (unpaired) electrons. The molecular weight excluding hydrogens is 168 g/mol. The van der Waals surface area contributed by atoms with Crippen LogP contribution in [0, 0.1) is 0 Å². The van der Waals surface area contributed by atoms with Gasteiger partial charge in [-0.05, 0) is 0 Å². The number of carbonyl (C=O) groups is 1. The zero-order chi connectivity index (χ0) is 8.15. The van der Waals surface area contributed by atoms with E-state index < -0.39 is 6.03 Å². The zero-order valence-electron chi connectivity index (χ0n) is 6.78. The fourth-order valence-corrected chi connectivity index (χ4v) is 0.630. The van der Waals surface area contributed by atoms with Crippen LogP contribution in [0.25, 0.3) is 0 Å². The third kappa shape index (κ3) is 4.83. The van der Waals surface area contributed by atoms with E-state index in [0.717, 1.165) is 0 Å². The molecule has 0 saturated heterocycles. The molecular formula is C5H15ClN4O. The number of hydrogen-bond donors (Lipinski definition) is 2. The van der Waals surface area contributed by atoms with Crippen LogP contribution in [0.15, 0.2) is 0 Å². The van der Waals surface area contributed by atoms with Crippen LogP contribution in [0.2, 0.25) is 0 Å². The van der Waals surface area contributed by atoms with Gasteiger partial charge in [-0.1, -0.05) is 0 Å². The number of primary amides is 1. The van der Waals surface area contributed by atoms with Gasteiger partial charge in [0.2, 0.25) is 0 Å². The molecule has 0 aromatic rings. The Morgan fingerprint density at radius 3 is 2.00 bits per heavy atom. The number of hydrogen-bond acceptors (Lipinski definition) is 3. The molecule has 0 aliphatic carbocycles. The summed E-state index contributed by atoms with van der Waals surface area (Å²) in [7, 11) is 3.47. The van der Waals surface area contributed by atoms with E-state index in [1.54, 1.807) is 19.1 Å². The molecule has 0 heterocycles. The van der Waals surface area contributed by atoms with Crippen molar-refractivity contribution >= 4 is 18.4 Å². The summed E-state index contributed by atoms with van der Waals surface area (Å²) in [6.07, 6.45) is 0. The van der Waals surface area contributed by atoms with Crippen molar-refractivity contribution in [2.45, 2.75) is 0 Å². The predicted molar refractivity (Wildman–Crippen MR) is 46.3 cm³/mol. The second-order valence-electron chi connectivity index (χ2n) is 2.10. The Morgan fingerprint density at radius 2 is 1.91 bits per heavy atom. The minimum absolute atomic E-state index is 0. The largest absolute Gasteiger partial charge is 0.350 e. The number of halogens is 1. The Balaban J connectivity index is 0. The predicted octanol–water partition coefficient (Wildman–Crippen LogP) is -0.776. The molecule has 2 amide bonds. The summed E-state index contributed by atoms with van der Waals surface area (Å²) in [6, 6.07) is -0.476. The summed E-state index contributed by atoms with van der Waals surface area (Å²) >= 11 is 0. The van der Waals surface area contributed by atoms with Gasteiger partial charge in [0, 0.05) is 20.6 Å². The van der Waals surface area contributed by atoms with E-state index in [9.17, 15) is 4.79 Å². The Bertz CT molecular complexity index is 119. The van der Waals surface area contributed by atoms with E-state index in [1.165, 1.54) is 5.01 Å². The molecule has 0 aliphatic heterocycles. The molecule has 0 aromatic heterocycles. The summed E-state index contributed by atoms with van der Waals surface area (Å²) in [6.45, 7) is 0.878. The van der Waals surface area contributed by atoms with Gasteiger partial charge in [0.25, 0.3) is 0 Å². The fourth-order valence-electron chi connectivity index (χ4n) is 0.630. The van der Waals surface area contributed by atoms with Crippen LogP contribution in [0.3, 0.4) is 0 Å². The lowest BCUT2D eigenvalue weighted by atomic mass is 10.6. The van der Waals surface area contributed by atoms with Crippen LogP contribution in [0.4, 0.5) is 4.79 Å². The summed E-state index contributed by atoms with van der Waals surface area (Å²) in [5.74, 6) is 0. The highest BCUT2D eigenvalue weighted by Gasteiger charge is 2.09.